The lowest BCUT2D eigenvalue weighted by molar-refractivity contribution is -0.156. The SMILES string of the molecule is COC(=O)[C@@H](O)[C@@H](O)c1ccc(OCc2ccccc2)c(OCc2ccccc2)c1. The molecule has 3 rings (SSSR count). The van der Waals surface area contributed by atoms with Crippen molar-refractivity contribution in [3.63, 3.8) is 0 Å². The molecule has 0 aliphatic heterocycles. The van der Waals surface area contributed by atoms with E-state index in [1.807, 2.05) is 60.7 Å². The van der Waals surface area contributed by atoms with Gasteiger partial charge in [0.15, 0.2) is 17.6 Å². The van der Waals surface area contributed by atoms with E-state index in [9.17, 15) is 15.0 Å². The van der Waals surface area contributed by atoms with Crippen LogP contribution < -0.4 is 9.47 Å². The molecule has 3 aromatic rings. The summed E-state index contributed by atoms with van der Waals surface area (Å²) in [4.78, 5) is 11.6. The molecule has 6 nitrogen and oxygen atoms in total. The summed E-state index contributed by atoms with van der Waals surface area (Å²) in [5.41, 5.74) is 2.27. The average Bonchev–Trinajstić information content (AvgIpc) is 2.81. The summed E-state index contributed by atoms with van der Waals surface area (Å²) in [6, 6.07) is 24.1. The van der Waals surface area contributed by atoms with Crippen molar-refractivity contribution >= 4 is 5.97 Å². The van der Waals surface area contributed by atoms with Crippen LogP contribution in [-0.2, 0) is 22.7 Å². The minimum Gasteiger partial charge on any atom is -0.485 e. The minimum absolute atomic E-state index is 0.293. The molecule has 0 saturated carbocycles. The molecular formula is C24H24O6. The van der Waals surface area contributed by atoms with Crippen molar-refractivity contribution in [3.8, 4) is 11.5 Å². The third kappa shape index (κ3) is 5.59. The molecule has 0 radical (unpaired) electrons. The first-order valence-corrected chi connectivity index (χ1v) is 9.50. The van der Waals surface area contributed by atoms with Gasteiger partial charge in [0.2, 0.25) is 0 Å². The van der Waals surface area contributed by atoms with Gasteiger partial charge in [0.1, 0.15) is 19.3 Å². The van der Waals surface area contributed by atoms with Gasteiger partial charge in [-0.2, -0.15) is 0 Å². The Bertz CT molecular complexity index is 942. The first-order chi connectivity index (χ1) is 14.6. The molecule has 0 saturated heterocycles. The van der Waals surface area contributed by atoms with Gasteiger partial charge in [0, 0.05) is 0 Å². The van der Waals surface area contributed by atoms with Crippen molar-refractivity contribution in [2.75, 3.05) is 7.11 Å². The Morgan fingerprint density at radius 3 is 1.87 bits per heavy atom. The number of carbonyl (C=O) groups is 1. The second-order valence-corrected chi connectivity index (χ2v) is 6.67. The number of esters is 1. The molecule has 0 aliphatic rings. The van der Waals surface area contributed by atoms with Gasteiger partial charge >= 0.3 is 5.97 Å². The smallest absolute Gasteiger partial charge is 0.337 e. The van der Waals surface area contributed by atoms with Gasteiger partial charge in [-0.1, -0.05) is 66.7 Å². The van der Waals surface area contributed by atoms with E-state index in [4.69, 9.17) is 9.47 Å². The number of hydrogen-bond donors (Lipinski definition) is 2. The minimum atomic E-state index is -1.70. The van der Waals surface area contributed by atoms with Crippen LogP contribution in [0.4, 0.5) is 0 Å². The van der Waals surface area contributed by atoms with Crippen molar-refractivity contribution < 1.29 is 29.2 Å². The normalized spacial score (nSPS) is 12.6. The summed E-state index contributed by atoms with van der Waals surface area (Å²) in [6.45, 7) is 0.636. The average molecular weight is 408 g/mol. The fourth-order valence-corrected chi connectivity index (χ4v) is 2.84. The quantitative estimate of drug-likeness (QED) is 0.528. The number of aliphatic hydroxyl groups is 2. The van der Waals surface area contributed by atoms with Crippen LogP contribution in [0.2, 0.25) is 0 Å². The van der Waals surface area contributed by atoms with E-state index in [1.54, 1.807) is 18.2 Å². The number of aliphatic hydroxyl groups excluding tert-OH is 2. The molecule has 3 aromatic carbocycles. The van der Waals surface area contributed by atoms with Gasteiger partial charge in [-0.25, -0.2) is 4.79 Å². The van der Waals surface area contributed by atoms with Crippen LogP contribution in [0, 0.1) is 0 Å². The Morgan fingerprint density at radius 2 is 1.33 bits per heavy atom. The maximum Gasteiger partial charge on any atom is 0.337 e. The highest BCUT2D eigenvalue weighted by atomic mass is 16.5. The maximum atomic E-state index is 11.6. The van der Waals surface area contributed by atoms with E-state index in [-0.39, 0.29) is 0 Å². The summed E-state index contributed by atoms with van der Waals surface area (Å²) >= 11 is 0. The van der Waals surface area contributed by atoms with Crippen molar-refractivity contribution in [2.24, 2.45) is 0 Å². The van der Waals surface area contributed by atoms with E-state index >= 15 is 0 Å². The van der Waals surface area contributed by atoms with E-state index in [2.05, 4.69) is 4.74 Å². The molecule has 156 valence electrons. The summed E-state index contributed by atoms with van der Waals surface area (Å²) in [5, 5.41) is 20.3. The number of rotatable bonds is 9. The Balaban J connectivity index is 1.81. The molecule has 2 atom stereocenters. The third-order valence-electron chi connectivity index (χ3n) is 4.53. The Morgan fingerprint density at radius 1 is 0.800 bits per heavy atom. The van der Waals surface area contributed by atoms with Crippen molar-refractivity contribution in [2.45, 2.75) is 25.4 Å². The molecule has 0 aliphatic carbocycles. The lowest BCUT2D eigenvalue weighted by Crippen LogP contribution is -2.29. The molecule has 0 spiro atoms. The van der Waals surface area contributed by atoms with Gasteiger partial charge in [0.25, 0.3) is 0 Å². The zero-order valence-corrected chi connectivity index (χ0v) is 16.6. The zero-order valence-electron chi connectivity index (χ0n) is 16.6. The molecule has 0 heterocycles. The Hall–Kier alpha value is -3.35. The molecule has 0 unspecified atom stereocenters. The van der Waals surface area contributed by atoms with Crippen LogP contribution in [0.3, 0.4) is 0 Å². The predicted molar refractivity (Wildman–Crippen MR) is 111 cm³/mol. The van der Waals surface area contributed by atoms with Gasteiger partial charge in [0.05, 0.1) is 7.11 Å². The summed E-state index contributed by atoms with van der Waals surface area (Å²) in [6.07, 6.45) is -3.16. The summed E-state index contributed by atoms with van der Waals surface area (Å²) in [5.74, 6) is -0.0413. The van der Waals surface area contributed by atoms with Crippen LogP contribution in [-0.4, -0.2) is 29.4 Å². The lowest BCUT2D eigenvalue weighted by atomic mass is 10.0. The molecule has 0 bridgehead atoms. The van der Waals surface area contributed by atoms with Crippen LogP contribution in [0.15, 0.2) is 78.9 Å². The summed E-state index contributed by atoms with van der Waals surface area (Å²) in [7, 11) is 1.15. The maximum absolute atomic E-state index is 11.6. The predicted octanol–water partition coefficient (Wildman–Crippen LogP) is 3.41. The van der Waals surface area contributed by atoms with E-state index < -0.39 is 18.2 Å². The Labute approximate surface area is 175 Å². The molecular weight excluding hydrogens is 384 g/mol. The Kier molecular flexibility index (Phi) is 7.43. The topological polar surface area (TPSA) is 85.2 Å². The van der Waals surface area contributed by atoms with Crippen molar-refractivity contribution in [1.82, 2.24) is 0 Å². The fourth-order valence-electron chi connectivity index (χ4n) is 2.84. The lowest BCUT2D eigenvalue weighted by Gasteiger charge is -2.19. The molecule has 0 amide bonds. The number of methoxy groups -OCH3 is 1. The van der Waals surface area contributed by atoms with E-state index in [0.717, 1.165) is 18.2 Å². The largest absolute Gasteiger partial charge is 0.485 e. The highest BCUT2D eigenvalue weighted by Gasteiger charge is 2.27. The number of ether oxygens (including phenoxy) is 3. The number of carbonyl (C=O) groups excluding carboxylic acids is 1. The molecule has 6 heteroatoms. The highest BCUT2D eigenvalue weighted by molar-refractivity contribution is 5.75. The van der Waals surface area contributed by atoms with E-state index in [1.165, 1.54) is 0 Å². The van der Waals surface area contributed by atoms with Crippen molar-refractivity contribution in [3.05, 3.63) is 95.6 Å². The van der Waals surface area contributed by atoms with Gasteiger partial charge in [-0.05, 0) is 28.8 Å². The van der Waals surface area contributed by atoms with E-state index in [0.29, 0.717) is 30.3 Å². The summed E-state index contributed by atoms with van der Waals surface area (Å²) < 4.78 is 16.3. The van der Waals surface area contributed by atoms with Crippen molar-refractivity contribution in [1.29, 1.82) is 0 Å². The third-order valence-corrected chi connectivity index (χ3v) is 4.53. The molecule has 0 fully saturated rings. The first kappa shape index (κ1) is 21.4. The second kappa shape index (κ2) is 10.4. The van der Waals surface area contributed by atoms with Gasteiger partial charge < -0.3 is 24.4 Å². The van der Waals surface area contributed by atoms with Crippen LogP contribution in [0.25, 0.3) is 0 Å². The fraction of sp³-hybridized carbons (Fsp3) is 0.208. The molecule has 0 aromatic heterocycles. The zero-order chi connectivity index (χ0) is 21.3. The molecule has 2 N–H and O–H groups in total. The van der Waals surface area contributed by atoms with Crippen LogP contribution in [0.5, 0.6) is 11.5 Å². The van der Waals surface area contributed by atoms with Crippen LogP contribution >= 0.6 is 0 Å². The standard InChI is InChI=1S/C24H24O6/c1-28-24(27)23(26)22(25)19-12-13-20(29-15-17-8-4-2-5-9-17)21(14-19)30-16-18-10-6-3-7-11-18/h2-14,22-23,25-26H,15-16H2,1H3/t22-,23-/m0/s1. The second-order valence-electron chi connectivity index (χ2n) is 6.67. The van der Waals surface area contributed by atoms with Crippen LogP contribution in [0.1, 0.15) is 22.8 Å². The molecule has 30 heavy (non-hydrogen) atoms. The monoisotopic (exact) mass is 408 g/mol. The first-order valence-electron chi connectivity index (χ1n) is 9.50. The number of benzene rings is 3. The van der Waals surface area contributed by atoms with Gasteiger partial charge in [-0.3, -0.25) is 0 Å². The highest BCUT2D eigenvalue weighted by Crippen LogP contribution is 2.33. The number of hydrogen-bond acceptors (Lipinski definition) is 6. The van der Waals surface area contributed by atoms with Gasteiger partial charge in [-0.15, -0.1) is 0 Å².